The van der Waals surface area contributed by atoms with Crippen molar-refractivity contribution in [2.24, 2.45) is 0 Å². The zero-order chi connectivity index (χ0) is 14.2. The highest BCUT2D eigenvalue weighted by Crippen LogP contribution is 2.11. The van der Waals surface area contributed by atoms with Crippen LogP contribution in [0.15, 0.2) is 43.0 Å². The molecule has 1 aromatic heterocycles. The topological polar surface area (TPSA) is 80.0 Å². The molecule has 0 spiro atoms. The highest BCUT2D eigenvalue weighted by atomic mass is 16.3. The Kier molecular flexibility index (Phi) is 5.25. The number of aromatic nitrogens is 3. The molecule has 1 heterocycles. The van der Waals surface area contributed by atoms with Gasteiger partial charge in [-0.2, -0.15) is 5.10 Å². The van der Waals surface area contributed by atoms with Crippen LogP contribution in [0.4, 0.5) is 0 Å². The second-order valence-electron chi connectivity index (χ2n) is 4.48. The maximum Gasteiger partial charge on any atom is 0.220 e. The number of carbonyl (C=O) groups excluding carboxylic acids is 1. The first-order valence-electron chi connectivity index (χ1n) is 6.57. The summed E-state index contributed by atoms with van der Waals surface area (Å²) in [6, 6.07) is 9.09. The summed E-state index contributed by atoms with van der Waals surface area (Å²) in [5.74, 6) is -0.0759. The van der Waals surface area contributed by atoms with Crippen molar-refractivity contribution in [3.05, 3.63) is 48.5 Å². The third-order valence-electron chi connectivity index (χ3n) is 2.98. The molecule has 20 heavy (non-hydrogen) atoms. The number of benzene rings is 1. The number of rotatable bonds is 7. The van der Waals surface area contributed by atoms with E-state index in [0.29, 0.717) is 19.4 Å². The van der Waals surface area contributed by atoms with E-state index in [1.54, 1.807) is 11.0 Å². The molecule has 106 valence electrons. The standard InChI is InChI=1S/C14H18N4O2/c19-9-13(12-5-2-1-3-6-12)17-14(20)7-4-8-18-11-15-10-16-18/h1-3,5-6,10-11,13,19H,4,7-9H2,(H,17,20)/t13-/m1/s1. The van der Waals surface area contributed by atoms with E-state index in [-0.39, 0.29) is 18.6 Å². The van der Waals surface area contributed by atoms with E-state index in [4.69, 9.17) is 0 Å². The van der Waals surface area contributed by atoms with Gasteiger partial charge in [0.2, 0.25) is 5.91 Å². The van der Waals surface area contributed by atoms with Crippen molar-refractivity contribution in [1.82, 2.24) is 20.1 Å². The molecule has 6 nitrogen and oxygen atoms in total. The van der Waals surface area contributed by atoms with E-state index in [1.165, 1.54) is 6.33 Å². The Hall–Kier alpha value is -2.21. The van der Waals surface area contributed by atoms with Gasteiger partial charge in [0.1, 0.15) is 12.7 Å². The fraction of sp³-hybridized carbons (Fsp3) is 0.357. The molecule has 1 amide bonds. The van der Waals surface area contributed by atoms with Crippen LogP contribution in [0.2, 0.25) is 0 Å². The Morgan fingerprint density at radius 1 is 1.35 bits per heavy atom. The van der Waals surface area contributed by atoms with Gasteiger partial charge in [-0.15, -0.1) is 0 Å². The first kappa shape index (κ1) is 14.2. The summed E-state index contributed by atoms with van der Waals surface area (Å²) in [7, 11) is 0. The summed E-state index contributed by atoms with van der Waals surface area (Å²) in [5.41, 5.74) is 0.902. The summed E-state index contributed by atoms with van der Waals surface area (Å²) in [6.45, 7) is 0.543. The predicted octanol–water partition coefficient (Wildman–Crippen LogP) is 0.908. The number of amides is 1. The van der Waals surface area contributed by atoms with Crippen LogP contribution in [0.25, 0.3) is 0 Å². The van der Waals surface area contributed by atoms with E-state index in [0.717, 1.165) is 5.56 Å². The Morgan fingerprint density at radius 3 is 2.80 bits per heavy atom. The smallest absolute Gasteiger partial charge is 0.220 e. The van der Waals surface area contributed by atoms with Crippen molar-refractivity contribution in [3.8, 4) is 0 Å². The van der Waals surface area contributed by atoms with Gasteiger partial charge in [-0.05, 0) is 12.0 Å². The van der Waals surface area contributed by atoms with E-state index in [9.17, 15) is 9.90 Å². The SMILES string of the molecule is O=C(CCCn1cncn1)N[C@H](CO)c1ccccc1. The minimum Gasteiger partial charge on any atom is -0.394 e. The average molecular weight is 274 g/mol. The van der Waals surface area contributed by atoms with Gasteiger partial charge in [0.15, 0.2) is 0 Å². The summed E-state index contributed by atoms with van der Waals surface area (Å²) in [4.78, 5) is 15.7. The molecule has 6 heteroatoms. The monoisotopic (exact) mass is 274 g/mol. The van der Waals surface area contributed by atoms with Gasteiger partial charge in [0.05, 0.1) is 12.6 Å². The fourth-order valence-electron chi connectivity index (χ4n) is 1.94. The molecule has 0 aliphatic rings. The van der Waals surface area contributed by atoms with Crippen LogP contribution in [0.5, 0.6) is 0 Å². The first-order valence-corrected chi connectivity index (χ1v) is 6.57. The van der Waals surface area contributed by atoms with E-state index in [1.807, 2.05) is 30.3 Å². The van der Waals surface area contributed by atoms with Gasteiger partial charge in [-0.1, -0.05) is 30.3 Å². The zero-order valence-corrected chi connectivity index (χ0v) is 11.1. The fourth-order valence-corrected chi connectivity index (χ4v) is 1.94. The molecule has 0 aliphatic heterocycles. The maximum absolute atomic E-state index is 11.8. The van der Waals surface area contributed by atoms with E-state index < -0.39 is 0 Å². The molecule has 0 unspecified atom stereocenters. The third-order valence-corrected chi connectivity index (χ3v) is 2.98. The lowest BCUT2D eigenvalue weighted by Crippen LogP contribution is -2.30. The molecule has 1 aromatic carbocycles. The molecule has 0 aliphatic carbocycles. The third kappa shape index (κ3) is 4.17. The number of nitrogens with zero attached hydrogens (tertiary/aromatic N) is 3. The second-order valence-corrected chi connectivity index (χ2v) is 4.48. The average Bonchev–Trinajstić information content (AvgIpc) is 2.99. The van der Waals surface area contributed by atoms with Gasteiger partial charge in [0, 0.05) is 13.0 Å². The number of aryl methyl sites for hydroxylation is 1. The molecular weight excluding hydrogens is 256 g/mol. The Balaban J connectivity index is 1.78. The molecule has 0 saturated carbocycles. The number of aliphatic hydroxyl groups excluding tert-OH is 1. The number of aliphatic hydroxyl groups is 1. The molecule has 2 N–H and O–H groups in total. The van der Waals surface area contributed by atoms with E-state index >= 15 is 0 Å². The summed E-state index contributed by atoms with van der Waals surface area (Å²) in [6.07, 6.45) is 4.17. The van der Waals surface area contributed by atoms with Gasteiger partial charge >= 0.3 is 0 Å². The Labute approximate surface area is 117 Å². The largest absolute Gasteiger partial charge is 0.394 e. The Bertz CT molecular complexity index is 513. The van der Waals surface area contributed by atoms with Crippen LogP contribution >= 0.6 is 0 Å². The minimum absolute atomic E-state index is 0.0759. The van der Waals surface area contributed by atoms with Crippen LogP contribution in [0, 0.1) is 0 Å². The summed E-state index contributed by atoms with van der Waals surface area (Å²) < 4.78 is 1.69. The van der Waals surface area contributed by atoms with Crippen LogP contribution < -0.4 is 5.32 Å². The first-order chi connectivity index (χ1) is 9.79. The molecular formula is C14H18N4O2. The molecule has 1 atom stereocenters. The predicted molar refractivity (Wildman–Crippen MR) is 73.7 cm³/mol. The Morgan fingerprint density at radius 2 is 2.15 bits per heavy atom. The number of hydrogen-bond donors (Lipinski definition) is 2. The van der Waals surface area contributed by atoms with Crippen molar-refractivity contribution in [3.63, 3.8) is 0 Å². The van der Waals surface area contributed by atoms with Gasteiger partial charge < -0.3 is 10.4 Å². The quantitative estimate of drug-likeness (QED) is 0.786. The van der Waals surface area contributed by atoms with Crippen LogP contribution in [0.3, 0.4) is 0 Å². The molecule has 2 aromatic rings. The molecule has 0 bridgehead atoms. The van der Waals surface area contributed by atoms with Crippen LogP contribution in [-0.2, 0) is 11.3 Å². The number of carbonyl (C=O) groups is 1. The molecule has 0 saturated heterocycles. The van der Waals surface area contributed by atoms with Crippen molar-refractivity contribution < 1.29 is 9.90 Å². The number of hydrogen-bond acceptors (Lipinski definition) is 4. The summed E-state index contributed by atoms with van der Waals surface area (Å²) in [5, 5.41) is 16.2. The minimum atomic E-state index is -0.352. The number of nitrogens with one attached hydrogen (secondary N) is 1. The highest BCUT2D eigenvalue weighted by Gasteiger charge is 2.12. The maximum atomic E-state index is 11.8. The van der Waals surface area contributed by atoms with Crippen molar-refractivity contribution in [2.45, 2.75) is 25.4 Å². The highest BCUT2D eigenvalue weighted by molar-refractivity contribution is 5.76. The second kappa shape index (κ2) is 7.40. The summed E-state index contributed by atoms with van der Waals surface area (Å²) >= 11 is 0. The van der Waals surface area contributed by atoms with Crippen LogP contribution in [0.1, 0.15) is 24.4 Å². The molecule has 0 radical (unpaired) electrons. The lowest BCUT2D eigenvalue weighted by molar-refractivity contribution is -0.122. The molecule has 2 rings (SSSR count). The van der Waals surface area contributed by atoms with Crippen molar-refractivity contribution in [1.29, 1.82) is 0 Å². The van der Waals surface area contributed by atoms with Crippen molar-refractivity contribution >= 4 is 5.91 Å². The van der Waals surface area contributed by atoms with Gasteiger partial charge in [0.25, 0.3) is 0 Å². The lowest BCUT2D eigenvalue weighted by Gasteiger charge is -2.16. The van der Waals surface area contributed by atoms with Crippen molar-refractivity contribution in [2.75, 3.05) is 6.61 Å². The van der Waals surface area contributed by atoms with Crippen LogP contribution in [-0.4, -0.2) is 32.4 Å². The normalized spacial score (nSPS) is 12.1. The van der Waals surface area contributed by atoms with E-state index in [2.05, 4.69) is 15.4 Å². The van der Waals surface area contributed by atoms with Gasteiger partial charge in [-0.3, -0.25) is 9.48 Å². The zero-order valence-electron chi connectivity index (χ0n) is 11.1. The van der Waals surface area contributed by atoms with Gasteiger partial charge in [-0.25, -0.2) is 4.98 Å². The molecule has 0 fully saturated rings. The lowest BCUT2D eigenvalue weighted by atomic mass is 10.1.